The van der Waals surface area contributed by atoms with Gasteiger partial charge in [0, 0.05) is 35.3 Å². The van der Waals surface area contributed by atoms with Gasteiger partial charge in [-0.25, -0.2) is 4.98 Å². The average molecular weight is 279 g/mol. The maximum absolute atomic E-state index is 12.3. The summed E-state index contributed by atoms with van der Waals surface area (Å²) in [6, 6.07) is 8.16. The van der Waals surface area contributed by atoms with Crippen LogP contribution in [0.15, 0.2) is 48.9 Å². The summed E-state index contributed by atoms with van der Waals surface area (Å²) >= 11 is 0. The fourth-order valence-electron chi connectivity index (χ4n) is 2.63. The third kappa shape index (κ3) is 2.84. The zero-order valence-electron chi connectivity index (χ0n) is 12.1. The van der Waals surface area contributed by atoms with Crippen LogP contribution in [0.3, 0.4) is 0 Å². The molecule has 3 rings (SSSR count). The number of nitrogens with one attached hydrogen (secondary N) is 1. The summed E-state index contributed by atoms with van der Waals surface area (Å²) in [5, 5.41) is 3.44. The highest BCUT2D eigenvalue weighted by atomic mass is 16.1. The molecule has 2 aromatic rings. The van der Waals surface area contributed by atoms with Crippen LogP contribution < -0.4 is 5.32 Å². The lowest BCUT2D eigenvalue weighted by molar-refractivity contribution is 0.104. The van der Waals surface area contributed by atoms with E-state index in [9.17, 15) is 4.79 Å². The molecule has 1 aromatic heterocycles. The topological polar surface area (TPSA) is 54.9 Å². The molecular formula is C17H17N3O. The van der Waals surface area contributed by atoms with E-state index in [4.69, 9.17) is 0 Å². The molecule has 106 valence electrons. The summed E-state index contributed by atoms with van der Waals surface area (Å²) in [7, 11) is 0. The lowest BCUT2D eigenvalue weighted by Gasteiger charge is -2.35. The van der Waals surface area contributed by atoms with E-state index in [-0.39, 0.29) is 11.3 Å². The molecule has 4 nitrogen and oxygen atoms in total. The molecule has 0 spiro atoms. The lowest BCUT2D eigenvalue weighted by atomic mass is 9.85. The Hall–Kier alpha value is -2.49. The first kappa shape index (κ1) is 13.5. The van der Waals surface area contributed by atoms with Crippen LogP contribution in [0.2, 0.25) is 0 Å². The maximum atomic E-state index is 12.3. The molecule has 1 aliphatic heterocycles. The molecule has 0 unspecified atom stereocenters. The number of nitrogens with zero attached hydrogens (tertiary/aromatic N) is 2. The highest BCUT2D eigenvalue weighted by Gasteiger charge is 2.27. The van der Waals surface area contributed by atoms with Crippen molar-refractivity contribution in [2.45, 2.75) is 25.8 Å². The van der Waals surface area contributed by atoms with Gasteiger partial charge in [0.25, 0.3) is 0 Å². The van der Waals surface area contributed by atoms with E-state index in [0.717, 1.165) is 17.7 Å². The number of hydrogen-bond donors (Lipinski definition) is 1. The van der Waals surface area contributed by atoms with Crippen LogP contribution in [0.4, 0.5) is 0 Å². The van der Waals surface area contributed by atoms with Gasteiger partial charge in [-0.05, 0) is 25.8 Å². The standard InChI is InChI=1S/C17H17N3O/c1-17(2)10-12-5-3-4-6-13(12)14(20-17)9-16(21)15-11-18-7-8-19-15/h3-9,11,20H,10H2,1-2H3/b14-9-. The van der Waals surface area contributed by atoms with Crippen LogP contribution in [0.25, 0.3) is 5.70 Å². The highest BCUT2D eigenvalue weighted by Crippen LogP contribution is 2.29. The summed E-state index contributed by atoms with van der Waals surface area (Å²) in [5.74, 6) is -0.141. The smallest absolute Gasteiger partial charge is 0.207 e. The molecule has 0 amide bonds. The van der Waals surface area contributed by atoms with E-state index in [0.29, 0.717) is 5.69 Å². The van der Waals surface area contributed by atoms with Crippen LogP contribution in [-0.2, 0) is 6.42 Å². The number of aromatic nitrogens is 2. The van der Waals surface area contributed by atoms with Crippen molar-refractivity contribution in [1.29, 1.82) is 0 Å². The Bertz CT molecular complexity index is 705. The Morgan fingerprint density at radius 2 is 2.10 bits per heavy atom. The summed E-state index contributed by atoms with van der Waals surface area (Å²) in [6.45, 7) is 4.26. The van der Waals surface area contributed by atoms with Gasteiger partial charge in [-0.15, -0.1) is 0 Å². The van der Waals surface area contributed by atoms with Gasteiger partial charge in [0.05, 0.1) is 6.20 Å². The molecule has 21 heavy (non-hydrogen) atoms. The van der Waals surface area contributed by atoms with Crippen LogP contribution in [0.5, 0.6) is 0 Å². The van der Waals surface area contributed by atoms with Crippen molar-refractivity contribution < 1.29 is 4.79 Å². The van der Waals surface area contributed by atoms with Gasteiger partial charge in [0.1, 0.15) is 5.69 Å². The van der Waals surface area contributed by atoms with Gasteiger partial charge in [0.15, 0.2) is 0 Å². The van der Waals surface area contributed by atoms with Crippen molar-refractivity contribution in [2.75, 3.05) is 0 Å². The molecule has 0 saturated carbocycles. The molecule has 0 fully saturated rings. The molecule has 0 atom stereocenters. The highest BCUT2D eigenvalue weighted by molar-refractivity contribution is 6.07. The van der Waals surface area contributed by atoms with Crippen LogP contribution in [0.1, 0.15) is 35.5 Å². The molecule has 1 aromatic carbocycles. The zero-order chi connectivity index (χ0) is 14.9. The average Bonchev–Trinajstić information content (AvgIpc) is 2.47. The lowest BCUT2D eigenvalue weighted by Crippen LogP contribution is -2.43. The summed E-state index contributed by atoms with van der Waals surface area (Å²) in [6.07, 6.45) is 7.11. The Morgan fingerprint density at radius 3 is 2.86 bits per heavy atom. The first-order valence-electron chi connectivity index (χ1n) is 6.94. The summed E-state index contributed by atoms with van der Waals surface area (Å²) in [4.78, 5) is 20.3. The number of carbonyl (C=O) groups is 1. The van der Waals surface area contributed by atoms with Gasteiger partial charge in [-0.3, -0.25) is 9.78 Å². The van der Waals surface area contributed by atoms with Crippen LogP contribution in [0, 0.1) is 0 Å². The van der Waals surface area contributed by atoms with Crippen molar-refractivity contribution in [1.82, 2.24) is 15.3 Å². The Labute approximate surface area is 123 Å². The van der Waals surface area contributed by atoms with Gasteiger partial charge in [-0.1, -0.05) is 24.3 Å². The predicted molar refractivity (Wildman–Crippen MR) is 81.7 cm³/mol. The molecule has 1 aliphatic rings. The summed E-state index contributed by atoms with van der Waals surface area (Å²) in [5.41, 5.74) is 3.45. The fourth-order valence-corrected chi connectivity index (χ4v) is 2.63. The van der Waals surface area contributed by atoms with E-state index < -0.39 is 0 Å². The van der Waals surface area contributed by atoms with Crippen molar-refractivity contribution in [2.24, 2.45) is 0 Å². The minimum absolute atomic E-state index is 0.0805. The van der Waals surface area contributed by atoms with Gasteiger partial charge in [-0.2, -0.15) is 0 Å². The second kappa shape index (κ2) is 5.13. The Balaban J connectivity index is 2.01. The van der Waals surface area contributed by atoms with Gasteiger partial charge >= 0.3 is 0 Å². The molecule has 4 heteroatoms. The number of ketones is 1. The molecular weight excluding hydrogens is 262 g/mol. The second-order valence-electron chi connectivity index (χ2n) is 5.86. The van der Waals surface area contributed by atoms with Gasteiger partial charge < -0.3 is 5.32 Å². The number of rotatable bonds is 2. The van der Waals surface area contributed by atoms with Crippen molar-refractivity contribution in [3.8, 4) is 0 Å². The van der Waals surface area contributed by atoms with E-state index in [1.807, 2.05) is 18.2 Å². The third-order valence-electron chi connectivity index (χ3n) is 3.50. The zero-order valence-corrected chi connectivity index (χ0v) is 12.1. The van der Waals surface area contributed by atoms with E-state index >= 15 is 0 Å². The number of hydrogen-bond acceptors (Lipinski definition) is 4. The SMILES string of the molecule is CC1(C)Cc2ccccc2/C(=C/C(=O)c2cnccn2)N1. The normalized spacial score (nSPS) is 17.9. The molecule has 0 saturated heterocycles. The van der Waals surface area contributed by atoms with Gasteiger partial charge in [0.2, 0.25) is 5.78 Å². The van der Waals surface area contributed by atoms with E-state index in [1.54, 1.807) is 12.3 Å². The first-order chi connectivity index (χ1) is 10.1. The number of allylic oxidation sites excluding steroid dienone is 1. The predicted octanol–water partition coefficient (Wildman–Crippen LogP) is 2.62. The quantitative estimate of drug-likeness (QED) is 0.678. The van der Waals surface area contributed by atoms with Crippen LogP contribution >= 0.6 is 0 Å². The summed E-state index contributed by atoms with van der Waals surface area (Å²) < 4.78 is 0. The maximum Gasteiger partial charge on any atom is 0.207 e. The van der Waals surface area contributed by atoms with Crippen molar-refractivity contribution in [3.05, 3.63) is 65.8 Å². The number of benzene rings is 1. The number of carbonyl (C=O) groups excluding carboxylic acids is 1. The molecule has 2 heterocycles. The van der Waals surface area contributed by atoms with Crippen molar-refractivity contribution >= 4 is 11.5 Å². The molecule has 0 aliphatic carbocycles. The fraction of sp³-hybridized carbons (Fsp3) is 0.235. The second-order valence-corrected chi connectivity index (χ2v) is 5.86. The molecule has 0 bridgehead atoms. The first-order valence-corrected chi connectivity index (χ1v) is 6.94. The minimum Gasteiger partial charge on any atom is -0.379 e. The molecule has 1 N–H and O–H groups in total. The van der Waals surface area contributed by atoms with E-state index in [1.165, 1.54) is 18.0 Å². The number of fused-ring (bicyclic) bond motifs is 1. The Morgan fingerprint density at radius 1 is 1.29 bits per heavy atom. The monoisotopic (exact) mass is 279 g/mol. The van der Waals surface area contributed by atoms with Crippen LogP contribution in [-0.4, -0.2) is 21.3 Å². The van der Waals surface area contributed by atoms with Crippen molar-refractivity contribution in [3.63, 3.8) is 0 Å². The third-order valence-corrected chi connectivity index (χ3v) is 3.50. The minimum atomic E-state index is -0.141. The molecule has 0 radical (unpaired) electrons. The van der Waals surface area contributed by atoms with E-state index in [2.05, 4.69) is 35.2 Å². The Kier molecular flexibility index (Phi) is 3.29. The largest absolute Gasteiger partial charge is 0.379 e.